The summed E-state index contributed by atoms with van der Waals surface area (Å²) in [6, 6.07) is 7.11. The molecule has 1 aromatic carbocycles. The van der Waals surface area contributed by atoms with E-state index in [0.29, 0.717) is 18.5 Å². The van der Waals surface area contributed by atoms with E-state index in [2.05, 4.69) is 10.6 Å². The zero-order chi connectivity index (χ0) is 13.9. The van der Waals surface area contributed by atoms with E-state index in [9.17, 15) is 9.59 Å². The Hall–Kier alpha value is -1.69. The van der Waals surface area contributed by atoms with Gasteiger partial charge < -0.3 is 15.7 Å². The number of benzene rings is 1. The van der Waals surface area contributed by atoms with Crippen LogP contribution in [0.2, 0.25) is 0 Å². The van der Waals surface area contributed by atoms with Gasteiger partial charge in [0.2, 0.25) is 0 Å². The number of carboxylic acids is 1. The van der Waals surface area contributed by atoms with Crippen molar-refractivity contribution in [2.45, 2.75) is 17.7 Å². The van der Waals surface area contributed by atoms with Crippen molar-refractivity contribution in [3.05, 3.63) is 24.3 Å². The van der Waals surface area contributed by atoms with Crippen LogP contribution in [0.25, 0.3) is 0 Å². The standard InChI is InChI=1S/C13H16N2O3S/c1-19-10-4-2-3-9(7-10)15-12(18)14-8-13(5-6-13)11(16)17/h2-4,7H,5-6,8H2,1H3,(H,16,17)(H2,14,15,18). The number of anilines is 1. The average molecular weight is 280 g/mol. The maximum Gasteiger partial charge on any atom is 0.319 e. The molecule has 2 amide bonds. The monoisotopic (exact) mass is 280 g/mol. The maximum absolute atomic E-state index is 11.7. The van der Waals surface area contributed by atoms with E-state index < -0.39 is 11.4 Å². The van der Waals surface area contributed by atoms with Gasteiger partial charge in [0.25, 0.3) is 0 Å². The highest BCUT2D eigenvalue weighted by atomic mass is 32.2. The first-order chi connectivity index (χ1) is 9.05. The van der Waals surface area contributed by atoms with Crippen molar-refractivity contribution in [1.82, 2.24) is 5.32 Å². The molecule has 5 nitrogen and oxygen atoms in total. The SMILES string of the molecule is CSc1cccc(NC(=O)NCC2(C(=O)O)CC2)c1. The Morgan fingerprint density at radius 2 is 2.16 bits per heavy atom. The number of aliphatic carboxylic acids is 1. The van der Waals surface area contributed by atoms with Crippen LogP contribution >= 0.6 is 11.8 Å². The molecule has 0 radical (unpaired) electrons. The second-order valence-electron chi connectivity index (χ2n) is 4.63. The smallest absolute Gasteiger partial charge is 0.319 e. The van der Waals surface area contributed by atoms with Crippen LogP contribution in [0.15, 0.2) is 29.2 Å². The van der Waals surface area contributed by atoms with Crippen LogP contribution < -0.4 is 10.6 Å². The molecule has 0 atom stereocenters. The first-order valence-electron chi connectivity index (χ1n) is 5.98. The molecular formula is C13H16N2O3S. The lowest BCUT2D eigenvalue weighted by atomic mass is 10.1. The van der Waals surface area contributed by atoms with E-state index in [1.54, 1.807) is 17.8 Å². The van der Waals surface area contributed by atoms with Gasteiger partial charge in [-0.2, -0.15) is 0 Å². The Labute approximate surface area is 115 Å². The van der Waals surface area contributed by atoms with Gasteiger partial charge >= 0.3 is 12.0 Å². The van der Waals surface area contributed by atoms with Gasteiger partial charge in [-0.15, -0.1) is 11.8 Å². The molecule has 0 bridgehead atoms. The minimum atomic E-state index is -0.836. The van der Waals surface area contributed by atoms with Crippen molar-refractivity contribution < 1.29 is 14.7 Å². The van der Waals surface area contributed by atoms with E-state index in [-0.39, 0.29) is 12.6 Å². The maximum atomic E-state index is 11.7. The first-order valence-corrected chi connectivity index (χ1v) is 7.20. The second kappa shape index (κ2) is 5.52. The summed E-state index contributed by atoms with van der Waals surface area (Å²) in [4.78, 5) is 23.7. The van der Waals surface area contributed by atoms with E-state index in [1.165, 1.54) is 0 Å². The summed E-state index contributed by atoms with van der Waals surface area (Å²) in [5.74, 6) is -0.836. The Kier molecular flexibility index (Phi) is 3.99. The summed E-state index contributed by atoms with van der Waals surface area (Å²) < 4.78 is 0. The lowest BCUT2D eigenvalue weighted by Crippen LogP contribution is -2.36. The molecule has 3 N–H and O–H groups in total. The number of carbonyl (C=O) groups excluding carboxylic acids is 1. The van der Waals surface area contributed by atoms with Gasteiger partial charge in [-0.3, -0.25) is 4.79 Å². The van der Waals surface area contributed by atoms with Crippen LogP contribution in [0, 0.1) is 5.41 Å². The predicted octanol–water partition coefficient (Wildman–Crippen LogP) is 2.39. The van der Waals surface area contributed by atoms with Gasteiger partial charge in [0.15, 0.2) is 0 Å². The van der Waals surface area contributed by atoms with Crippen LogP contribution in [0.1, 0.15) is 12.8 Å². The van der Waals surface area contributed by atoms with E-state index in [1.807, 2.05) is 24.5 Å². The van der Waals surface area contributed by atoms with E-state index in [0.717, 1.165) is 4.90 Å². The zero-order valence-electron chi connectivity index (χ0n) is 10.6. The zero-order valence-corrected chi connectivity index (χ0v) is 11.4. The summed E-state index contributed by atoms with van der Waals surface area (Å²) in [5.41, 5.74) is -0.0390. The molecule has 102 valence electrons. The fourth-order valence-corrected chi connectivity index (χ4v) is 2.20. The summed E-state index contributed by atoms with van der Waals surface area (Å²) in [6.07, 6.45) is 3.22. The molecule has 1 fully saturated rings. The van der Waals surface area contributed by atoms with Gasteiger partial charge in [-0.1, -0.05) is 6.07 Å². The molecule has 0 heterocycles. The molecule has 0 unspecified atom stereocenters. The van der Waals surface area contributed by atoms with Crippen LogP contribution in [-0.2, 0) is 4.79 Å². The molecule has 1 saturated carbocycles. The molecule has 0 aromatic heterocycles. The Bertz CT molecular complexity index is 500. The van der Waals surface area contributed by atoms with Gasteiger partial charge in [-0.25, -0.2) is 4.79 Å². The highest BCUT2D eigenvalue weighted by molar-refractivity contribution is 7.98. The highest BCUT2D eigenvalue weighted by Crippen LogP contribution is 2.45. The number of urea groups is 1. The third-order valence-electron chi connectivity index (χ3n) is 3.22. The van der Waals surface area contributed by atoms with Crippen molar-refractivity contribution >= 4 is 29.4 Å². The lowest BCUT2D eigenvalue weighted by Gasteiger charge is -2.12. The quantitative estimate of drug-likeness (QED) is 0.724. The molecule has 1 aliphatic carbocycles. The number of thioether (sulfide) groups is 1. The molecular weight excluding hydrogens is 264 g/mol. The van der Waals surface area contributed by atoms with Gasteiger partial charge in [0, 0.05) is 17.1 Å². The average Bonchev–Trinajstić information content (AvgIpc) is 3.18. The van der Waals surface area contributed by atoms with Gasteiger partial charge in [0.05, 0.1) is 5.41 Å². The third kappa shape index (κ3) is 3.41. The molecule has 6 heteroatoms. The third-order valence-corrected chi connectivity index (χ3v) is 3.95. The number of nitrogens with one attached hydrogen (secondary N) is 2. The van der Waals surface area contributed by atoms with Crippen LogP contribution in [0.3, 0.4) is 0 Å². The minimum Gasteiger partial charge on any atom is -0.481 e. The fourth-order valence-electron chi connectivity index (χ4n) is 1.74. The number of hydrogen-bond donors (Lipinski definition) is 3. The number of rotatable bonds is 5. The molecule has 0 spiro atoms. The first kappa shape index (κ1) is 13.7. The number of hydrogen-bond acceptors (Lipinski definition) is 3. The Morgan fingerprint density at radius 1 is 1.42 bits per heavy atom. The van der Waals surface area contributed by atoms with E-state index >= 15 is 0 Å². The molecule has 2 rings (SSSR count). The second-order valence-corrected chi connectivity index (χ2v) is 5.50. The van der Waals surface area contributed by atoms with Crippen LogP contribution in [-0.4, -0.2) is 29.9 Å². The Morgan fingerprint density at radius 3 is 2.74 bits per heavy atom. The number of amides is 2. The van der Waals surface area contributed by atoms with Crippen molar-refractivity contribution in [1.29, 1.82) is 0 Å². The predicted molar refractivity (Wildman–Crippen MR) is 74.5 cm³/mol. The summed E-state index contributed by atoms with van der Waals surface area (Å²) in [5, 5.41) is 14.3. The topological polar surface area (TPSA) is 78.4 Å². The van der Waals surface area contributed by atoms with Crippen molar-refractivity contribution in [2.75, 3.05) is 18.1 Å². The molecule has 0 saturated heterocycles. The summed E-state index contributed by atoms with van der Waals surface area (Å²) in [7, 11) is 0. The fraction of sp³-hybridized carbons (Fsp3) is 0.385. The van der Waals surface area contributed by atoms with Crippen LogP contribution in [0.5, 0.6) is 0 Å². The largest absolute Gasteiger partial charge is 0.481 e. The van der Waals surface area contributed by atoms with Crippen molar-refractivity contribution in [3.8, 4) is 0 Å². The highest BCUT2D eigenvalue weighted by Gasteiger charge is 2.50. The summed E-state index contributed by atoms with van der Waals surface area (Å²) in [6.45, 7) is 0.177. The molecule has 19 heavy (non-hydrogen) atoms. The number of carboxylic acid groups (broad SMARTS) is 1. The Balaban J connectivity index is 1.86. The lowest BCUT2D eigenvalue weighted by molar-refractivity contribution is -0.143. The molecule has 1 aromatic rings. The van der Waals surface area contributed by atoms with Gasteiger partial charge in [0.1, 0.15) is 0 Å². The molecule has 0 aliphatic heterocycles. The van der Waals surface area contributed by atoms with Crippen molar-refractivity contribution in [3.63, 3.8) is 0 Å². The van der Waals surface area contributed by atoms with E-state index in [4.69, 9.17) is 5.11 Å². The van der Waals surface area contributed by atoms with Gasteiger partial charge in [-0.05, 0) is 37.3 Å². The summed E-state index contributed by atoms with van der Waals surface area (Å²) >= 11 is 1.59. The number of carbonyl (C=O) groups is 2. The normalized spacial score (nSPS) is 15.6. The minimum absolute atomic E-state index is 0.177. The molecule has 1 aliphatic rings. The van der Waals surface area contributed by atoms with Crippen LogP contribution in [0.4, 0.5) is 10.5 Å². The van der Waals surface area contributed by atoms with Crippen molar-refractivity contribution in [2.24, 2.45) is 5.41 Å².